The van der Waals surface area contributed by atoms with Crippen LogP contribution in [-0.2, 0) is 11.2 Å². The number of aliphatic carboxylic acids is 1. The van der Waals surface area contributed by atoms with Crippen LogP contribution in [0.4, 0.5) is 0 Å². The van der Waals surface area contributed by atoms with Crippen LogP contribution in [0.3, 0.4) is 0 Å². The predicted octanol–water partition coefficient (Wildman–Crippen LogP) is 3.24. The molecule has 0 saturated heterocycles. The Bertz CT molecular complexity index is 627. The van der Waals surface area contributed by atoms with Gasteiger partial charge in [-0.25, -0.2) is 0 Å². The summed E-state index contributed by atoms with van der Waals surface area (Å²) in [6.45, 7) is 1.91. The highest BCUT2D eigenvalue weighted by molar-refractivity contribution is 6.09. The number of hydrogen-bond donors (Lipinski definition) is 1. The highest BCUT2D eigenvalue weighted by Crippen LogP contribution is 2.15. The van der Waals surface area contributed by atoms with Gasteiger partial charge in [-0.2, -0.15) is 0 Å². The lowest BCUT2D eigenvalue weighted by molar-refractivity contribution is -0.136. The molecule has 0 radical (unpaired) electrons. The Kier molecular flexibility index (Phi) is 4.31. The fourth-order valence-electron chi connectivity index (χ4n) is 2.06. The van der Waals surface area contributed by atoms with Crippen molar-refractivity contribution in [2.24, 2.45) is 0 Å². The third kappa shape index (κ3) is 3.32. The number of carbonyl (C=O) groups excluding carboxylic acids is 1. The van der Waals surface area contributed by atoms with E-state index < -0.39 is 5.97 Å². The van der Waals surface area contributed by atoms with Gasteiger partial charge < -0.3 is 5.11 Å². The molecule has 0 unspecified atom stereocenters. The van der Waals surface area contributed by atoms with Crippen LogP contribution in [0.25, 0.3) is 0 Å². The van der Waals surface area contributed by atoms with Crippen molar-refractivity contribution in [3.63, 3.8) is 0 Å². The zero-order valence-electron chi connectivity index (χ0n) is 11.3. The van der Waals surface area contributed by atoms with Gasteiger partial charge in [-0.15, -0.1) is 0 Å². The van der Waals surface area contributed by atoms with Crippen LogP contribution < -0.4 is 0 Å². The standard InChI is InChI=1S/C17H16O3/c1-12-4-2-3-5-15(12)17(20)14-9-6-13(7-10-14)8-11-16(18)19/h2-7,9-10H,8,11H2,1H3,(H,18,19). The molecule has 1 N–H and O–H groups in total. The van der Waals surface area contributed by atoms with E-state index in [0.29, 0.717) is 17.5 Å². The second-order valence-electron chi connectivity index (χ2n) is 4.73. The van der Waals surface area contributed by atoms with E-state index in [1.165, 1.54) is 0 Å². The number of aryl methyl sites for hydroxylation is 2. The third-order valence-electron chi connectivity index (χ3n) is 3.23. The van der Waals surface area contributed by atoms with Crippen LogP contribution in [0.2, 0.25) is 0 Å². The van der Waals surface area contributed by atoms with E-state index in [0.717, 1.165) is 11.1 Å². The van der Waals surface area contributed by atoms with Crippen LogP contribution in [-0.4, -0.2) is 16.9 Å². The summed E-state index contributed by atoms with van der Waals surface area (Å²) in [5, 5.41) is 8.64. The molecule has 0 aromatic heterocycles. The normalized spacial score (nSPS) is 10.2. The summed E-state index contributed by atoms with van der Waals surface area (Å²) in [6, 6.07) is 14.6. The predicted molar refractivity (Wildman–Crippen MR) is 77.0 cm³/mol. The van der Waals surface area contributed by atoms with Crippen LogP contribution in [0, 0.1) is 6.92 Å². The molecule has 0 amide bonds. The van der Waals surface area contributed by atoms with Crippen LogP contribution >= 0.6 is 0 Å². The molecule has 2 aromatic carbocycles. The van der Waals surface area contributed by atoms with Crippen LogP contribution in [0.1, 0.15) is 33.5 Å². The number of benzene rings is 2. The Morgan fingerprint density at radius 3 is 2.25 bits per heavy atom. The molecule has 0 heterocycles. The van der Waals surface area contributed by atoms with Crippen LogP contribution in [0.15, 0.2) is 48.5 Å². The average molecular weight is 268 g/mol. The average Bonchev–Trinajstić information content (AvgIpc) is 2.45. The lowest BCUT2D eigenvalue weighted by Crippen LogP contribution is -2.04. The Labute approximate surface area is 117 Å². The van der Waals surface area contributed by atoms with Crippen molar-refractivity contribution in [1.29, 1.82) is 0 Å². The first kappa shape index (κ1) is 14.0. The molecule has 102 valence electrons. The van der Waals surface area contributed by atoms with Crippen molar-refractivity contribution in [2.45, 2.75) is 19.8 Å². The van der Waals surface area contributed by atoms with Gasteiger partial charge in [0.15, 0.2) is 5.78 Å². The van der Waals surface area contributed by atoms with Crippen molar-refractivity contribution in [3.05, 3.63) is 70.8 Å². The van der Waals surface area contributed by atoms with Crippen molar-refractivity contribution in [1.82, 2.24) is 0 Å². The maximum Gasteiger partial charge on any atom is 0.303 e. The fourth-order valence-corrected chi connectivity index (χ4v) is 2.06. The molecule has 2 aromatic rings. The summed E-state index contributed by atoms with van der Waals surface area (Å²) < 4.78 is 0. The first-order chi connectivity index (χ1) is 9.58. The largest absolute Gasteiger partial charge is 0.481 e. The Balaban J connectivity index is 2.16. The monoisotopic (exact) mass is 268 g/mol. The van der Waals surface area contributed by atoms with Crippen molar-refractivity contribution < 1.29 is 14.7 Å². The second-order valence-corrected chi connectivity index (χ2v) is 4.73. The van der Waals surface area contributed by atoms with E-state index in [9.17, 15) is 9.59 Å². The quantitative estimate of drug-likeness (QED) is 0.847. The Morgan fingerprint density at radius 2 is 1.65 bits per heavy atom. The van der Waals surface area contributed by atoms with Gasteiger partial charge in [-0.1, -0.05) is 48.5 Å². The number of carbonyl (C=O) groups is 2. The maximum absolute atomic E-state index is 12.4. The van der Waals surface area contributed by atoms with Gasteiger partial charge in [0, 0.05) is 17.5 Å². The molecule has 0 atom stereocenters. The number of rotatable bonds is 5. The molecule has 3 heteroatoms. The highest BCUT2D eigenvalue weighted by atomic mass is 16.4. The SMILES string of the molecule is Cc1ccccc1C(=O)c1ccc(CCC(=O)O)cc1. The molecule has 0 aliphatic heterocycles. The van der Waals surface area contributed by atoms with E-state index >= 15 is 0 Å². The summed E-state index contributed by atoms with van der Waals surface area (Å²) in [5.41, 5.74) is 3.20. The molecule has 0 aliphatic carbocycles. The maximum atomic E-state index is 12.4. The van der Waals surface area contributed by atoms with Crippen LogP contribution in [0.5, 0.6) is 0 Å². The summed E-state index contributed by atoms with van der Waals surface area (Å²) in [6.07, 6.45) is 0.583. The molecule has 0 fully saturated rings. The zero-order valence-corrected chi connectivity index (χ0v) is 11.3. The number of ketones is 1. The van der Waals surface area contributed by atoms with Gasteiger partial charge in [0.2, 0.25) is 0 Å². The molecule has 3 nitrogen and oxygen atoms in total. The molecule has 20 heavy (non-hydrogen) atoms. The molecule has 0 spiro atoms. The van der Waals surface area contributed by atoms with Gasteiger partial charge in [-0.3, -0.25) is 9.59 Å². The summed E-state index contributed by atoms with van der Waals surface area (Å²) in [4.78, 5) is 22.9. The smallest absolute Gasteiger partial charge is 0.303 e. The fraction of sp³-hybridized carbons (Fsp3) is 0.176. The van der Waals surface area contributed by atoms with E-state index in [-0.39, 0.29) is 12.2 Å². The number of carboxylic acids is 1. The van der Waals surface area contributed by atoms with E-state index in [1.807, 2.05) is 43.3 Å². The summed E-state index contributed by atoms with van der Waals surface area (Å²) in [7, 11) is 0. The Morgan fingerprint density at radius 1 is 1.00 bits per heavy atom. The van der Waals surface area contributed by atoms with E-state index in [4.69, 9.17) is 5.11 Å². The molecule has 0 aliphatic rings. The minimum Gasteiger partial charge on any atom is -0.481 e. The lowest BCUT2D eigenvalue weighted by Gasteiger charge is -2.05. The first-order valence-electron chi connectivity index (χ1n) is 6.49. The van der Waals surface area contributed by atoms with Gasteiger partial charge in [0.05, 0.1) is 0 Å². The third-order valence-corrected chi connectivity index (χ3v) is 3.23. The molecule has 2 rings (SSSR count). The summed E-state index contributed by atoms with van der Waals surface area (Å²) >= 11 is 0. The Hall–Kier alpha value is -2.42. The lowest BCUT2D eigenvalue weighted by atomic mass is 9.98. The zero-order chi connectivity index (χ0) is 14.5. The van der Waals surface area contributed by atoms with Gasteiger partial charge >= 0.3 is 5.97 Å². The minimum atomic E-state index is -0.815. The molecular weight excluding hydrogens is 252 g/mol. The van der Waals surface area contributed by atoms with Crippen molar-refractivity contribution >= 4 is 11.8 Å². The summed E-state index contributed by atoms with van der Waals surface area (Å²) in [5.74, 6) is -0.821. The van der Waals surface area contributed by atoms with E-state index in [2.05, 4.69) is 0 Å². The number of hydrogen-bond acceptors (Lipinski definition) is 2. The topological polar surface area (TPSA) is 54.4 Å². The van der Waals surface area contributed by atoms with E-state index in [1.54, 1.807) is 12.1 Å². The van der Waals surface area contributed by atoms with Crippen molar-refractivity contribution in [2.75, 3.05) is 0 Å². The van der Waals surface area contributed by atoms with Gasteiger partial charge in [0.25, 0.3) is 0 Å². The minimum absolute atomic E-state index is 0.00659. The molecule has 0 saturated carbocycles. The first-order valence-corrected chi connectivity index (χ1v) is 6.49. The van der Waals surface area contributed by atoms with Crippen molar-refractivity contribution in [3.8, 4) is 0 Å². The molecule has 0 bridgehead atoms. The van der Waals surface area contributed by atoms with Gasteiger partial charge in [-0.05, 0) is 24.5 Å². The molecular formula is C17H16O3. The second kappa shape index (κ2) is 6.15. The number of carboxylic acid groups (broad SMARTS) is 1. The van der Waals surface area contributed by atoms with Gasteiger partial charge in [0.1, 0.15) is 0 Å². The highest BCUT2D eigenvalue weighted by Gasteiger charge is 2.11.